The number of carbonyl (C=O) groups excluding carboxylic acids is 1. The zero-order chi connectivity index (χ0) is 14.4. The summed E-state index contributed by atoms with van der Waals surface area (Å²) in [5.41, 5.74) is 0.897. The Morgan fingerprint density at radius 2 is 2.25 bits per heavy atom. The van der Waals surface area contributed by atoms with E-state index in [0.29, 0.717) is 11.6 Å². The molecule has 0 radical (unpaired) electrons. The van der Waals surface area contributed by atoms with Gasteiger partial charge in [-0.2, -0.15) is 10.2 Å². The van der Waals surface area contributed by atoms with Crippen molar-refractivity contribution in [2.45, 2.75) is 13.0 Å². The van der Waals surface area contributed by atoms with Crippen molar-refractivity contribution in [3.63, 3.8) is 0 Å². The van der Waals surface area contributed by atoms with E-state index in [4.69, 9.17) is 11.6 Å². The summed E-state index contributed by atoms with van der Waals surface area (Å²) in [6.45, 7) is 1.31. The van der Waals surface area contributed by atoms with Crippen molar-refractivity contribution in [1.29, 1.82) is 0 Å². The lowest BCUT2D eigenvalue weighted by Gasteiger charge is -2.02. The van der Waals surface area contributed by atoms with Crippen LogP contribution in [-0.2, 0) is 18.4 Å². The van der Waals surface area contributed by atoms with Crippen LogP contribution in [0.4, 0.5) is 0 Å². The lowest BCUT2D eigenvalue weighted by atomic mass is 10.3. The largest absolute Gasteiger partial charge is 0.352 e. The van der Waals surface area contributed by atoms with Gasteiger partial charge in [0, 0.05) is 44.2 Å². The van der Waals surface area contributed by atoms with Crippen molar-refractivity contribution in [2.24, 2.45) is 7.05 Å². The second kappa shape index (κ2) is 6.91. The summed E-state index contributed by atoms with van der Waals surface area (Å²) in [4.78, 5) is 11.6. The SMILES string of the molecule is Cn1cc(/C=C/C(=O)NCCCn2cc(Cl)cn2)cn1. The summed E-state index contributed by atoms with van der Waals surface area (Å²) in [6.07, 6.45) is 10.9. The molecule has 1 amide bonds. The summed E-state index contributed by atoms with van der Waals surface area (Å²) in [6, 6.07) is 0. The number of aryl methyl sites for hydroxylation is 2. The molecular formula is C13H16ClN5O. The number of nitrogens with zero attached hydrogens (tertiary/aromatic N) is 4. The maximum absolute atomic E-state index is 11.6. The van der Waals surface area contributed by atoms with Gasteiger partial charge in [0.2, 0.25) is 5.91 Å². The van der Waals surface area contributed by atoms with Gasteiger partial charge in [-0.3, -0.25) is 14.2 Å². The Morgan fingerprint density at radius 1 is 1.40 bits per heavy atom. The van der Waals surface area contributed by atoms with Crippen LogP contribution in [0.3, 0.4) is 0 Å². The first-order chi connectivity index (χ1) is 9.63. The lowest BCUT2D eigenvalue weighted by molar-refractivity contribution is -0.116. The molecule has 2 heterocycles. The fourth-order valence-corrected chi connectivity index (χ4v) is 1.83. The van der Waals surface area contributed by atoms with Gasteiger partial charge in [0.05, 0.1) is 17.4 Å². The minimum Gasteiger partial charge on any atom is -0.352 e. The Hall–Kier alpha value is -2.08. The molecule has 0 spiro atoms. The number of halogens is 1. The van der Waals surface area contributed by atoms with Gasteiger partial charge in [-0.15, -0.1) is 0 Å². The normalized spacial score (nSPS) is 11.1. The molecule has 2 aromatic heterocycles. The fourth-order valence-electron chi connectivity index (χ4n) is 1.67. The van der Waals surface area contributed by atoms with Gasteiger partial charge in [0.25, 0.3) is 0 Å². The average Bonchev–Trinajstić information content (AvgIpc) is 3.01. The highest BCUT2D eigenvalue weighted by Crippen LogP contribution is 2.04. The Morgan fingerprint density at radius 3 is 2.90 bits per heavy atom. The molecule has 7 heteroatoms. The summed E-state index contributed by atoms with van der Waals surface area (Å²) < 4.78 is 3.44. The summed E-state index contributed by atoms with van der Waals surface area (Å²) in [7, 11) is 1.83. The van der Waals surface area contributed by atoms with Gasteiger partial charge in [-0.25, -0.2) is 0 Å². The molecule has 106 valence electrons. The number of nitrogens with one attached hydrogen (secondary N) is 1. The highest BCUT2D eigenvalue weighted by atomic mass is 35.5. The minimum absolute atomic E-state index is 0.118. The van der Waals surface area contributed by atoms with E-state index < -0.39 is 0 Å². The lowest BCUT2D eigenvalue weighted by Crippen LogP contribution is -2.23. The molecule has 0 aliphatic rings. The zero-order valence-corrected chi connectivity index (χ0v) is 11.9. The van der Waals surface area contributed by atoms with E-state index in [0.717, 1.165) is 18.5 Å². The Balaban J connectivity index is 1.66. The fraction of sp³-hybridized carbons (Fsp3) is 0.308. The molecule has 0 saturated heterocycles. The third kappa shape index (κ3) is 4.55. The first-order valence-corrected chi connectivity index (χ1v) is 6.64. The Bertz CT molecular complexity index is 601. The van der Waals surface area contributed by atoms with Gasteiger partial charge in [-0.05, 0) is 12.5 Å². The van der Waals surface area contributed by atoms with Crippen LogP contribution in [0.15, 0.2) is 30.9 Å². The van der Waals surface area contributed by atoms with E-state index >= 15 is 0 Å². The molecule has 0 bridgehead atoms. The predicted molar refractivity (Wildman–Crippen MR) is 77.1 cm³/mol. The molecule has 0 aromatic carbocycles. The smallest absolute Gasteiger partial charge is 0.244 e. The molecule has 0 unspecified atom stereocenters. The number of hydrogen-bond donors (Lipinski definition) is 1. The molecular weight excluding hydrogens is 278 g/mol. The molecule has 20 heavy (non-hydrogen) atoms. The zero-order valence-electron chi connectivity index (χ0n) is 11.2. The van der Waals surface area contributed by atoms with E-state index in [-0.39, 0.29) is 5.91 Å². The number of hydrogen-bond acceptors (Lipinski definition) is 3. The number of amides is 1. The van der Waals surface area contributed by atoms with Crippen LogP contribution in [0.2, 0.25) is 5.02 Å². The molecule has 2 rings (SSSR count). The van der Waals surface area contributed by atoms with E-state index in [9.17, 15) is 4.79 Å². The molecule has 0 fully saturated rings. The molecule has 0 saturated carbocycles. The maximum Gasteiger partial charge on any atom is 0.244 e. The molecule has 0 aliphatic heterocycles. The minimum atomic E-state index is -0.118. The van der Waals surface area contributed by atoms with Crippen molar-refractivity contribution in [1.82, 2.24) is 24.9 Å². The molecule has 2 aromatic rings. The van der Waals surface area contributed by atoms with Gasteiger partial charge in [0.15, 0.2) is 0 Å². The second-order valence-corrected chi connectivity index (χ2v) is 4.78. The average molecular weight is 294 g/mol. The molecule has 0 aliphatic carbocycles. The van der Waals surface area contributed by atoms with E-state index in [1.165, 1.54) is 6.08 Å². The number of aromatic nitrogens is 4. The van der Waals surface area contributed by atoms with Crippen LogP contribution in [0.25, 0.3) is 6.08 Å². The van der Waals surface area contributed by atoms with E-state index in [2.05, 4.69) is 15.5 Å². The number of rotatable bonds is 6. The van der Waals surface area contributed by atoms with Crippen LogP contribution in [0.1, 0.15) is 12.0 Å². The Kier molecular flexibility index (Phi) is 4.95. The Labute approximate surface area is 122 Å². The van der Waals surface area contributed by atoms with Crippen LogP contribution in [0, 0.1) is 0 Å². The third-order valence-electron chi connectivity index (χ3n) is 2.62. The molecule has 1 N–H and O–H groups in total. The van der Waals surface area contributed by atoms with Crippen molar-refractivity contribution >= 4 is 23.6 Å². The van der Waals surface area contributed by atoms with Crippen LogP contribution in [-0.4, -0.2) is 32.0 Å². The standard InChI is InChI=1S/C13H16ClN5O/c1-18-9-11(7-16-18)3-4-13(20)15-5-2-6-19-10-12(14)8-17-19/h3-4,7-10H,2,5-6H2,1H3,(H,15,20)/b4-3+. The second-order valence-electron chi connectivity index (χ2n) is 4.35. The first-order valence-electron chi connectivity index (χ1n) is 6.26. The summed E-state index contributed by atoms with van der Waals surface area (Å²) >= 11 is 5.76. The monoisotopic (exact) mass is 293 g/mol. The van der Waals surface area contributed by atoms with Gasteiger partial charge >= 0.3 is 0 Å². The highest BCUT2D eigenvalue weighted by molar-refractivity contribution is 6.30. The van der Waals surface area contributed by atoms with Crippen LogP contribution in [0.5, 0.6) is 0 Å². The first kappa shape index (κ1) is 14.3. The van der Waals surface area contributed by atoms with Gasteiger partial charge in [0.1, 0.15) is 0 Å². The molecule has 6 nitrogen and oxygen atoms in total. The third-order valence-corrected chi connectivity index (χ3v) is 2.81. The number of carbonyl (C=O) groups is 1. The quantitative estimate of drug-likeness (QED) is 0.648. The topological polar surface area (TPSA) is 64.7 Å². The van der Waals surface area contributed by atoms with Gasteiger partial charge < -0.3 is 5.32 Å². The predicted octanol–water partition coefficient (Wildman–Crippen LogP) is 1.49. The van der Waals surface area contributed by atoms with Crippen LogP contribution < -0.4 is 5.32 Å². The van der Waals surface area contributed by atoms with Crippen LogP contribution >= 0.6 is 11.6 Å². The molecule has 0 atom stereocenters. The van der Waals surface area contributed by atoms with Crippen molar-refractivity contribution in [3.8, 4) is 0 Å². The summed E-state index contributed by atoms with van der Waals surface area (Å²) in [5.74, 6) is -0.118. The maximum atomic E-state index is 11.6. The van der Waals surface area contributed by atoms with Crippen molar-refractivity contribution in [3.05, 3.63) is 41.4 Å². The van der Waals surface area contributed by atoms with E-state index in [1.807, 2.05) is 13.2 Å². The summed E-state index contributed by atoms with van der Waals surface area (Å²) in [5, 5.41) is 11.5. The van der Waals surface area contributed by atoms with Crippen molar-refractivity contribution < 1.29 is 4.79 Å². The van der Waals surface area contributed by atoms with Gasteiger partial charge in [-0.1, -0.05) is 11.6 Å². The highest BCUT2D eigenvalue weighted by Gasteiger charge is 1.98. The van der Waals surface area contributed by atoms with Crippen molar-refractivity contribution in [2.75, 3.05) is 6.54 Å². The van der Waals surface area contributed by atoms with E-state index in [1.54, 1.807) is 34.0 Å².